The molecule has 8 nitrogen and oxygen atoms in total. The SMILES string of the molecule is COC[C@@H](C)n1c(SCC(=O)NNC(=O)c2ccc(Cl)cc2)nc2ccccc2c1=O. The van der Waals surface area contributed by atoms with Gasteiger partial charge in [0.25, 0.3) is 11.5 Å². The number of para-hydroxylation sites is 1. The Balaban J connectivity index is 1.71. The summed E-state index contributed by atoms with van der Waals surface area (Å²) in [5, 5.41) is 1.40. The Morgan fingerprint density at radius 1 is 1.16 bits per heavy atom. The number of amides is 2. The zero-order chi connectivity index (χ0) is 22.4. The smallest absolute Gasteiger partial charge is 0.269 e. The molecule has 0 aliphatic heterocycles. The van der Waals surface area contributed by atoms with Gasteiger partial charge in [-0.2, -0.15) is 0 Å². The average Bonchev–Trinajstić information content (AvgIpc) is 2.76. The molecule has 0 aliphatic carbocycles. The molecule has 3 rings (SSSR count). The predicted molar refractivity (Wildman–Crippen MR) is 120 cm³/mol. The third-order valence-electron chi connectivity index (χ3n) is 4.38. The van der Waals surface area contributed by atoms with Crippen LogP contribution < -0.4 is 16.4 Å². The Labute approximate surface area is 187 Å². The Morgan fingerprint density at radius 2 is 1.87 bits per heavy atom. The predicted octanol–water partition coefficient (Wildman–Crippen LogP) is 2.81. The number of thioether (sulfide) groups is 1. The molecule has 0 fully saturated rings. The van der Waals surface area contributed by atoms with Gasteiger partial charge in [-0.25, -0.2) is 4.98 Å². The van der Waals surface area contributed by atoms with E-state index in [-0.39, 0.29) is 17.4 Å². The summed E-state index contributed by atoms with van der Waals surface area (Å²) in [4.78, 5) is 41.9. The fourth-order valence-electron chi connectivity index (χ4n) is 2.90. The zero-order valence-electron chi connectivity index (χ0n) is 16.9. The van der Waals surface area contributed by atoms with E-state index < -0.39 is 11.8 Å². The lowest BCUT2D eigenvalue weighted by molar-refractivity contribution is -0.119. The number of methoxy groups -OCH3 is 1. The van der Waals surface area contributed by atoms with Crippen molar-refractivity contribution in [3.05, 3.63) is 69.5 Å². The van der Waals surface area contributed by atoms with Crippen molar-refractivity contribution >= 4 is 46.1 Å². The molecule has 2 aromatic carbocycles. The van der Waals surface area contributed by atoms with Gasteiger partial charge in [-0.05, 0) is 43.3 Å². The number of hydrogen-bond donors (Lipinski definition) is 2. The monoisotopic (exact) mass is 460 g/mol. The first kappa shape index (κ1) is 22.8. The standard InChI is InChI=1S/C21H21ClN4O4S/c1-13(11-30-2)26-20(29)16-5-3-4-6-17(16)23-21(26)31-12-18(27)24-25-19(28)14-7-9-15(22)10-8-14/h3-10,13H,11-12H2,1-2H3,(H,24,27)(H,25,28)/t13-/m1/s1. The molecule has 10 heteroatoms. The Kier molecular flexibility index (Phi) is 7.67. The van der Waals surface area contributed by atoms with Crippen LogP contribution >= 0.6 is 23.4 Å². The second-order valence-corrected chi connectivity index (χ2v) is 8.07. The van der Waals surface area contributed by atoms with Crippen LogP contribution in [0.3, 0.4) is 0 Å². The lowest BCUT2D eigenvalue weighted by atomic mass is 10.2. The van der Waals surface area contributed by atoms with Crippen molar-refractivity contribution in [1.82, 2.24) is 20.4 Å². The van der Waals surface area contributed by atoms with Crippen molar-refractivity contribution in [2.24, 2.45) is 0 Å². The van der Waals surface area contributed by atoms with Crippen molar-refractivity contribution in [3.8, 4) is 0 Å². The maximum Gasteiger partial charge on any atom is 0.269 e. The van der Waals surface area contributed by atoms with Gasteiger partial charge in [0, 0.05) is 17.7 Å². The molecule has 1 heterocycles. The minimum absolute atomic E-state index is 0.0502. The van der Waals surface area contributed by atoms with Crippen molar-refractivity contribution in [2.75, 3.05) is 19.5 Å². The van der Waals surface area contributed by atoms with Gasteiger partial charge in [-0.15, -0.1) is 0 Å². The molecule has 0 aliphatic rings. The molecular formula is C21H21ClN4O4S. The first-order chi connectivity index (χ1) is 14.9. The van der Waals surface area contributed by atoms with E-state index in [1.165, 1.54) is 4.57 Å². The second kappa shape index (κ2) is 10.4. The number of ether oxygens (including phenoxy) is 1. The van der Waals surface area contributed by atoms with Gasteiger partial charge in [0.05, 0.1) is 29.3 Å². The highest BCUT2D eigenvalue weighted by Crippen LogP contribution is 2.21. The molecule has 1 atom stereocenters. The van der Waals surface area contributed by atoms with Crippen LogP contribution in [0, 0.1) is 0 Å². The maximum atomic E-state index is 13.0. The fourth-order valence-corrected chi connectivity index (χ4v) is 3.92. The molecular weight excluding hydrogens is 440 g/mol. The molecule has 2 N–H and O–H groups in total. The normalized spacial score (nSPS) is 11.8. The van der Waals surface area contributed by atoms with E-state index >= 15 is 0 Å². The van der Waals surface area contributed by atoms with Crippen molar-refractivity contribution in [3.63, 3.8) is 0 Å². The zero-order valence-corrected chi connectivity index (χ0v) is 18.5. The number of carbonyl (C=O) groups is 2. The summed E-state index contributed by atoms with van der Waals surface area (Å²) in [5.74, 6) is -0.962. The van der Waals surface area contributed by atoms with Gasteiger partial charge >= 0.3 is 0 Å². The van der Waals surface area contributed by atoms with E-state index in [1.807, 2.05) is 6.92 Å². The van der Waals surface area contributed by atoms with Crippen molar-refractivity contribution in [2.45, 2.75) is 18.1 Å². The van der Waals surface area contributed by atoms with Crippen LogP contribution in [0.2, 0.25) is 5.02 Å². The number of hydrogen-bond acceptors (Lipinski definition) is 6. The number of rotatable bonds is 7. The molecule has 0 bridgehead atoms. The van der Waals surface area contributed by atoms with Crippen LogP contribution in [0.1, 0.15) is 23.3 Å². The largest absolute Gasteiger partial charge is 0.383 e. The first-order valence-electron chi connectivity index (χ1n) is 9.38. The number of nitrogens with zero attached hydrogens (tertiary/aromatic N) is 2. The molecule has 31 heavy (non-hydrogen) atoms. The van der Waals surface area contributed by atoms with Crippen LogP contribution in [0.4, 0.5) is 0 Å². The Morgan fingerprint density at radius 3 is 2.58 bits per heavy atom. The molecule has 0 unspecified atom stereocenters. The molecule has 1 aromatic heterocycles. The molecule has 0 radical (unpaired) electrons. The molecule has 0 saturated carbocycles. The number of fused-ring (bicyclic) bond motifs is 1. The number of aromatic nitrogens is 2. The molecule has 3 aromatic rings. The summed E-state index contributed by atoms with van der Waals surface area (Å²) in [6.45, 7) is 2.16. The third kappa shape index (κ3) is 5.63. The van der Waals surface area contributed by atoms with E-state index in [9.17, 15) is 14.4 Å². The molecule has 2 amide bonds. The second-order valence-electron chi connectivity index (χ2n) is 6.69. The third-order valence-corrected chi connectivity index (χ3v) is 5.58. The maximum absolute atomic E-state index is 13.0. The van der Waals surface area contributed by atoms with E-state index in [4.69, 9.17) is 16.3 Å². The minimum Gasteiger partial charge on any atom is -0.383 e. The highest BCUT2D eigenvalue weighted by Gasteiger charge is 2.18. The van der Waals surface area contributed by atoms with Gasteiger partial charge in [-0.3, -0.25) is 29.8 Å². The number of hydrazine groups is 1. The summed E-state index contributed by atoms with van der Waals surface area (Å²) in [5.41, 5.74) is 5.41. The van der Waals surface area contributed by atoms with Crippen molar-refractivity contribution < 1.29 is 14.3 Å². The number of nitrogens with one attached hydrogen (secondary N) is 2. The minimum atomic E-state index is -0.468. The van der Waals surface area contributed by atoms with Gasteiger partial charge < -0.3 is 4.74 Å². The van der Waals surface area contributed by atoms with E-state index in [0.717, 1.165) is 11.8 Å². The summed E-state index contributed by atoms with van der Waals surface area (Å²) >= 11 is 6.91. The van der Waals surface area contributed by atoms with Crippen LogP contribution in [-0.4, -0.2) is 40.8 Å². The van der Waals surface area contributed by atoms with Gasteiger partial charge in [0.15, 0.2) is 5.16 Å². The summed E-state index contributed by atoms with van der Waals surface area (Å²) in [6, 6.07) is 13.0. The summed E-state index contributed by atoms with van der Waals surface area (Å²) in [6.07, 6.45) is 0. The molecule has 162 valence electrons. The van der Waals surface area contributed by atoms with Crippen LogP contribution in [0.5, 0.6) is 0 Å². The van der Waals surface area contributed by atoms with Crippen LogP contribution in [-0.2, 0) is 9.53 Å². The highest BCUT2D eigenvalue weighted by atomic mass is 35.5. The highest BCUT2D eigenvalue weighted by molar-refractivity contribution is 7.99. The van der Waals surface area contributed by atoms with E-state index in [1.54, 1.807) is 55.6 Å². The summed E-state index contributed by atoms with van der Waals surface area (Å²) < 4.78 is 6.71. The van der Waals surface area contributed by atoms with E-state index in [2.05, 4.69) is 15.8 Å². The van der Waals surface area contributed by atoms with Crippen LogP contribution in [0.15, 0.2) is 58.5 Å². The topological polar surface area (TPSA) is 102 Å². The lowest BCUT2D eigenvalue weighted by Crippen LogP contribution is -2.42. The molecule has 0 saturated heterocycles. The van der Waals surface area contributed by atoms with Crippen LogP contribution in [0.25, 0.3) is 10.9 Å². The first-order valence-corrected chi connectivity index (χ1v) is 10.7. The summed E-state index contributed by atoms with van der Waals surface area (Å²) in [7, 11) is 1.56. The number of benzene rings is 2. The number of halogens is 1. The van der Waals surface area contributed by atoms with Gasteiger partial charge in [-0.1, -0.05) is 35.5 Å². The Bertz CT molecular complexity index is 1150. The number of carbonyl (C=O) groups excluding carboxylic acids is 2. The van der Waals surface area contributed by atoms with Gasteiger partial charge in [0.1, 0.15) is 0 Å². The van der Waals surface area contributed by atoms with E-state index in [0.29, 0.717) is 33.3 Å². The van der Waals surface area contributed by atoms with Gasteiger partial charge in [0.2, 0.25) is 5.91 Å². The lowest BCUT2D eigenvalue weighted by Gasteiger charge is -2.18. The Hall–Kier alpha value is -2.88. The average molecular weight is 461 g/mol. The fraction of sp³-hybridized carbons (Fsp3) is 0.238. The molecule has 0 spiro atoms. The quantitative estimate of drug-likeness (QED) is 0.319. The van der Waals surface area contributed by atoms with Crippen molar-refractivity contribution in [1.29, 1.82) is 0 Å².